The molecular weight excluding hydrogens is 383 g/mol. The van der Waals surface area contributed by atoms with Gasteiger partial charge in [-0.25, -0.2) is 14.4 Å². The minimum Gasteiger partial charge on any atom is -0.385 e. The van der Waals surface area contributed by atoms with Crippen LogP contribution in [0.15, 0.2) is 24.5 Å². The van der Waals surface area contributed by atoms with Gasteiger partial charge in [-0.3, -0.25) is 4.98 Å². The van der Waals surface area contributed by atoms with Crippen LogP contribution in [0.1, 0.15) is 38.5 Å². The van der Waals surface area contributed by atoms with Crippen LogP contribution in [-0.4, -0.2) is 53.8 Å². The minimum absolute atomic E-state index is 0.234. The first-order valence-electron chi connectivity index (χ1n) is 10.9. The van der Waals surface area contributed by atoms with Gasteiger partial charge in [0.05, 0.1) is 18.5 Å². The van der Waals surface area contributed by atoms with Crippen molar-refractivity contribution in [1.82, 2.24) is 20.3 Å². The molecule has 0 aromatic carbocycles. The van der Waals surface area contributed by atoms with Crippen molar-refractivity contribution in [2.24, 2.45) is 5.92 Å². The van der Waals surface area contributed by atoms with Gasteiger partial charge in [-0.05, 0) is 56.6 Å². The van der Waals surface area contributed by atoms with Crippen molar-refractivity contribution in [1.29, 1.82) is 0 Å². The SMILES string of the molecule is COCCNC1CCC(Nc2ncc(F)c(-c3cc(NCC4CC4)ccn3)n2)CC1. The van der Waals surface area contributed by atoms with E-state index in [1.54, 1.807) is 13.3 Å². The third kappa shape index (κ3) is 5.86. The van der Waals surface area contributed by atoms with Gasteiger partial charge in [0.25, 0.3) is 0 Å². The van der Waals surface area contributed by atoms with Crippen molar-refractivity contribution < 1.29 is 9.13 Å². The molecule has 0 bridgehead atoms. The minimum atomic E-state index is -0.460. The molecule has 4 rings (SSSR count). The topological polar surface area (TPSA) is 84.0 Å². The van der Waals surface area contributed by atoms with Crippen molar-refractivity contribution in [3.8, 4) is 11.4 Å². The third-order valence-corrected chi connectivity index (χ3v) is 5.84. The molecule has 0 unspecified atom stereocenters. The van der Waals surface area contributed by atoms with Crippen LogP contribution < -0.4 is 16.0 Å². The first-order chi connectivity index (χ1) is 14.7. The van der Waals surface area contributed by atoms with Gasteiger partial charge in [0.2, 0.25) is 5.95 Å². The number of aromatic nitrogens is 3. The third-order valence-electron chi connectivity index (χ3n) is 5.84. The summed E-state index contributed by atoms with van der Waals surface area (Å²) in [5.41, 5.74) is 1.70. The smallest absolute Gasteiger partial charge is 0.223 e. The number of halogens is 1. The Kier molecular flexibility index (Phi) is 7.07. The normalized spacial score (nSPS) is 21.4. The first kappa shape index (κ1) is 20.9. The van der Waals surface area contributed by atoms with Crippen molar-refractivity contribution in [2.75, 3.05) is 37.4 Å². The molecule has 3 N–H and O–H groups in total. The molecule has 0 atom stereocenters. The van der Waals surface area contributed by atoms with Crippen LogP contribution in [0.2, 0.25) is 0 Å². The van der Waals surface area contributed by atoms with Crippen LogP contribution in [-0.2, 0) is 4.74 Å². The van der Waals surface area contributed by atoms with E-state index < -0.39 is 5.82 Å². The molecule has 0 saturated heterocycles. The highest BCUT2D eigenvalue weighted by Crippen LogP contribution is 2.29. The highest BCUT2D eigenvalue weighted by atomic mass is 19.1. The van der Waals surface area contributed by atoms with E-state index in [-0.39, 0.29) is 5.69 Å². The van der Waals surface area contributed by atoms with Crippen LogP contribution in [0.3, 0.4) is 0 Å². The zero-order valence-electron chi connectivity index (χ0n) is 17.5. The van der Waals surface area contributed by atoms with Crippen molar-refractivity contribution in [2.45, 2.75) is 50.6 Å². The average molecular weight is 415 g/mol. The Bertz CT molecular complexity index is 823. The molecule has 8 heteroatoms. The highest BCUT2D eigenvalue weighted by Gasteiger charge is 2.22. The summed E-state index contributed by atoms with van der Waals surface area (Å²) in [5.74, 6) is 0.761. The van der Waals surface area contributed by atoms with Crippen molar-refractivity contribution >= 4 is 11.6 Å². The Balaban J connectivity index is 1.36. The maximum atomic E-state index is 14.5. The number of ether oxygens (including phenoxy) is 1. The number of methoxy groups -OCH3 is 1. The summed E-state index contributed by atoms with van der Waals surface area (Å²) in [4.78, 5) is 12.9. The predicted octanol–water partition coefficient (Wildman–Crippen LogP) is 3.46. The molecule has 162 valence electrons. The molecule has 2 aliphatic rings. The second kappa shape index (κ2) is 10.1. The zero-order chi connectivity index (χ0) is 20.8. The first-order valence-corrected chi connectivity index (χ1v) is 10.9. The van der Waals surface area contributed by atoms with Crippen molar-refractivity contribution in [3.63, 3.8) is 0 Å². The Morgan fingerprint density at radius 2 is 1.90 bits per heavy atom. The Morgan fingerprint density at radius 3 is 2.67 bits per heavy atom. The Labute approximate surface area is 177 Å². The zero-order valence-corrected chi connectivity index (χ0v) is 17.5. The summed E-state index contributed by atoms with van der Waals surface area (Å²) in [5, 5.41) is 10.3. The Morgan fingerprint density at radius 1 is 1.10 bits per heavy atom. The van der Waals surface area contributed by atoms with Gasteiger partial charge in [0.15, 0.2) is 5.82 Å². The molecule has 30 heavy (non-hydrogen) atoms. The van der Waals surface area contributed by atoms with Gasteiger partial charge in [-0.2, -0.15) is 0 Å². The van der Waals surface area contributed by atoms with Gasteiger partial charge in [-0.15, -0.1) is 0 Å². The lowest BCUT2D eigenvalue weighted by Crippen LogP contribution is -2.38. The van der Waals surface area contributed by atoms with Crippen LogP contribution in [0.25, 0.3) is 11.4 Å². The average Bonchev–Trinajstić information content (AvgIpc) is 3.60. The summed E-state index contributed by atoms with van der Waals surface area (Å²) in [6.07, 6.45) is 9.72. The standard InChI is InChI=1S/C22H31FN6O/c1-30-11-10-24-16-4-6-17(7-5-16)28-22-27-14-19(23)21(29-22)20-12-18(8-9-25-20)26-13-15-2-3-15/h8-9,12,14-17,24H,2-7,10-11,13H2,1H3,(H,25,26)(H,27,28,29). The van der Waals surface area contributed by atoms with Crippen LogP contribution >= 0.6 is 0 Å². The van der Waals surface area contributed by atoms with Crippen LogP contribution in [0.4, 0.5) is 16.0 Å². The number of nitrogens with one attached hydrogen (secondary N) is 3. The number of rotatable bonds is 10. The molecule has 2 aliphatic carbocycles. The van der Waals surface area contributed by atoms with Crippen molar-refractivity contribution in [3.05, 3.63) is 30.3 Å². The lowest BCUT2D eigenvalue weighted by Gasteiger charge is -2.29. The molecular formula is C22H31FN6O. The summed E-state index contributed by atoms with van der Waals surface area (Å²) in [6.45, 7) is 2.56. The van der Waals surface area contributed by atoms with E-state index in [2.05, 4.69) is 30.9 Å². The van der Waals surface area contributed by atoms with Gasteiger partial charge < -0.3 is 20.7 Å². The number of nitrogens with zero attached hydrogens (tertiary/aromatic N) is 3. The fourth-order valence-corrected chi connectivity index (χ4v) is 3.86. The van der Waals surface area contributed by atoms with Gasteiger partial charge >= 0.3 is 0 Å². The van der Waals surface area contributed by atoms with Gasteiger partial charge in [0, 0.05) is 44.2 Å². The molecule has 2 fully saturated rings. The largest absolute Gasteiger partial charge is 0.385 e. The second-order valence-corrected chi connectivity index (χ2v) is 8.28. The Hall–Kier alpha value is -2.32. The summed E-state index contributed by atoms with van der Waals surface area (Å²) >= 11 is 0. The molecule has 2 aromatic rings. The molecule has 2 saturated carbocycles. The monoisotopic (exact) mass is 414 g/mol. The molecule has 2 aromatic heterocycles. The van der Waals surface area contributed by atoms with Crippen LogP contribution in [0, 0.1) is 11.7 Å². The molecule has 0 aliphatic heterocycles. The highest BCUT2D eigenvalue weighted by molar-refractivity contribution is 5.62. The summed E-state index contributed by atoms with van der Waals surface area (Å²) in [7, 11) is 1.72. The second-order valence-electron chi connectivity index (χ2n) is 8.28. The molecule has 7 nitrogen and oxygen atoms in total. The van der Waals surface area contributed by atoms with Gasteiger partial charge in [-0.1, -0.05) is 0 Å². The van der Waals surface area contributed by atoms with E-state index in [0.717, 1.165) is 57.0 Å². The maximum Gasteiger partial charge on any atom is 0.223 e. The lowest BCUT2D eigenvalue weighted by molar-refractivity contribution is 0.191. The molecule has 0 amide bonds. The molecule has 2 heterocycles. The van der Waals surface area contributed by atoms with E-state index in [4.69, 9.17) is 4.74 Å². The van der Waals surface area contributed by atoms with E-state index in [1.807, 2.05) is 12.1 Å². The van der Waals surface area contributed by atoms with E-state index in [9.17, 15) is 4.39 Å². The lowest BCUT2D eigenvalue weighted by atomic mass is 9.91. The number of hydrogen-bond acceptors (Lipinski definition) is 7. The predicted molar refractivity (Wildman–Crippen MR) is 116 cm³/mol. The maximum absolute atomic E-state index is 14.5. The fourth-order valence-electron chi connectivity index (χ4n) is 3.86. The molecule has 0 spiro atoms. The van der Waals surface area contributed by atoms with E-state index in [1.165, 1.54) is 19.0 Å². The number of pyridine rings is 1. The quantitative estimate of drug-likeness (QED) is 0.514. The van der Waals surface area contributed by atoms with E-state index in [0.29, 0.717) is 23.7 Å². The number of hydrogen-bond donors (Lipinski definition) is 3. The summed E-state index contributed by atoms with van der Waals surface area (Å²) in [6, 6.07) is 4.58. The molecule has 0 radical (unpaired) electrons. The van der Waals surface area contributed by atoms with E-state index >= 15 is 0 Å². The summed E-state index contributed by atoms with van der Waals surface area (Å²) < 4.78 is 19.6. The van der Waals surface area contributed by atoms with Crippen LogP contribution in [0.5, 0.6) is 0 Å². The van der Waals surface area contributed by atoms with Gasteiger partial charge in [0.1, 0.15) is 5.69 Å². The number of anilines is 2. The fraction of sp³-hybridized carbons (Fsp3) is 0.591.